The van der Waals surface area contributed by atoms with Gasteiger partial charge in [-0.25, -0.2) is 0 Å². The molecule has 82 valence electrons. The van der Waals surface area contributed by atoms with Crippen LogP contribution in [-0.2, 0) is 6.42 Å². The lowest BCUT2D eigenvalue weighted by atomic mass is 9.79. The number of nitrogens with zero attached hydrogens (tertiary/aromatic N) is 1. The molecule has 15 heavy (non-hydrogen) atoms. The predicted molar refractivity (Wildman–Crippen MR) is 62.3 cm³/mol. The third-order valence-electron chi connectivity index (χ3n) is 3.58. The molecule has 2 atom stereocenters. The van der Waals surface area contributed by atoms with Crippen molar-refractivity contribution in [1.29, 1.82) is 0 Å². The topological polar surface area (TPSA) is 23.5 Å². The number of aromatic hydroxyl groups is 1. The maximum atomic E-state index is 9.91. The molecule has 0 saturated heterocycles. The third kappa shape index (κ3) is 1.74. The molecule has 0 bridgehead atoms. The number of hydrogen-bond donors (Lipinski definition) is 1. The summed E-state index contributed by atoms with van der Waals surface area (Å²) in [5.41, 5.74) is 2.48. The normalized spacial score (nSPS) is 25.3. The van der Waals surface area contributed by atoms with Crippen molar-refractivity contribution in [3.8, 4) is 5.75 Å². The van der Waals surface area contributed by atoms with Crippen molar-refractivity contribution in [2.45, 2.75) is 31.7 Å². The van der Waals surface area contributed by atoms with Gasteiger partial charge in [0.2, 0.25) is 0 Å². The average molecular weight is 205 g/mol. The van der Waals surface area contributed by atoms with Crippen LogP contribution in [0.5, 0.6) is 5.75 Å². The summed E-state index contributed by atoms with van der Waals surface area (Å²) in [6, 6.07) is 6.42. The Morgan fingerprint density at radius 1 is 1.33 bits per heavy atom. The first-order valence-electron chi connectivity index (χ1n) is 5.58. The summed E-state index contributed by atoms with van der Waals surface area (Å²) in [6.45, 7) is 2.21. The summed E-state index contributed by atoms with van der Waals surface area (Å²) < 4.78 is 0. The van der Waals surface area contributed by atoms with E-state index in [0.717, 1.165) is 12.0 Å². The van der Waals surface area contributed by atoms with Crippen LogP contribution in [0.2, 0.25) is 0 Å². The Bertz CT molecular complexity index is 360. The quantitative estimate of drug-likeness (QED) is 0.761. The molecule has 0 aromatic heterocycles. The number of benzene rings is 1. The van der Waals surface area contributed by atoms with E-state index in [4.69, 9.17) is 0 Å². The molecule has 0 fully saturated rings. The highest BCUT2D eigenvalue weighted by molar-refractivity contribution is 5.44. The summed E-state index contributed by atoms with van der Waals surface area (Å²) >= 11 is 0. The van der Waals surface area contributed by atoms with Gasteiger partial charge in [-0.15, -0.1) is 0 Å². The van der Waals surface area contributed by atoms with Gasteiger partial charge in [0.1, 0.15) is 5.75 Å². The van der Waals surface area contributed by atoms with E-state index in [1.165, 1.54) is 12.0 Å². The summed E-state index contributed by atoms with van der Waals surface area (Å²) in [4.78, 5) is 2.26. The van der Waals surface area contributed by atoms with Crippen LogP contribution in [0.15, 0.2) is 18.2 Å². The fourth-order valence-corrected chi connectivity index (χ4v) is 2.79. The van der Waals surface area contributed by atoms with Crippen LogP contribution < -0.4 is 0 Å². The Morgan fingerprint density at radius 2 is 2.07 bits per heavy atom. The lowest BCUT2D eigenvalue weighted by molar-refractivity contribution is 0.233. The number of phenols is 1. The summed E-state index contributed by atoms with van der Waals surface area (Å²) in [7, 11) is 4.23. The highest BCUT2D eigenvalue weighted by Gasteiger charge is 2.29. The van der Waals surface area contributed by atoms with Gasteiger partial charge in [-0.2, -0.15) is 0 Å². The molecule has 0 unspecified atom stereocenters. The van der Waals surface area contributed by atoms with E-state index in [1.807, 2.05) is 6.07 Å². The molecule has 2 nitrogen and oxygen atoms in total. The molecule has 0 radical (unpaired) electrons. The van der Waals surface area contributed by atoms with Crippen molar-refractivity contribution in [2.75, 3.05) is 14.1 Å². The highest BCUT2D eigenvalue weighted by Crippen LogP contribution is 2.38. The van der Waals surface area contributed by atoms with E-state index >= 15 is 0 Å². The van der Waals surface area contributed by atoms with Gasteiger partial charge in [0.15, 0.2) is 0 Å². The van der Waals surface area contributed by atoms with Crippen molar-refractivity contribution >= 4 is 0 Å². The third-order valence-corrected chi connectivity index (χ3v) is 3.58. The number of hydrogen-bond acceptors (Lipinski definition) is 2. The van der Waals surface area contributed by atoms with Crippen molar-refractivity contribution in [3.05, 3.63) is 29.3 Å². The van der Waals surface area contributed by atoms with Crippen LogP contribution in [-0.4, -0.2) is 30.1 Å². The zero-order valence-corrected chi connectivity index (χ0v) is 9.70. The van der Waals surface area contributed by atoms with Crippen LogP contribution in [0.25, 0.3) is 0 Å². The zero-order valence-electron chi connectivity index (χ0n) is 9.70. The fourth-order valence-electron chi connectivity index (χ4n) is 2.79. The maximum Gasteiger partial charge on any atom is 0.119 e. The van der Waals surface area contributed by atoms with E-state index in [9.17, 15) is 5.11 Å². The fraction of sp³-hybridized carbons (Fsp3) is 0.538. The Kier molecular flexibility index (Phi) is 2.70. The van der Waals surface area contributed by atoms with Crippen molar-refractivity contribution in [3.63, 3.8) is 0 Å². The van der Waals surface area contributed by atoms with Crippen molar-refractivity contribution < 1.29 is 5.11 Å². The molecule has 1 aromatic carbocycles. The molecule has 0 spiro atoms. The SMILES string of the molecule is C[C@H]1c2c(O)cccc2CC[C@H]1N(C)C. The van der Waals surface area contributed by atoms with Crippen LogP contribution in [0.1, 0.15) is 30.4 Å². The van der Waals surface area contributed by atoms with Gasteiger partial charge in [-0.05, 0) is 38.6 Å². The summed E-state index contributed by atoms with van der Waals surface area (Å²) in [6.07, 6.45) is 2.27. The van der Waals surface area contributed by atoms with Crippen LogP contribution in [0.3, 0.4) is 0 Å². The maximum absolute atomic E-state index is 9.91. The van der Waals surface area contributed by atoms with Gasteiger partial charge >= 0.3 is 0 Å². The van der Waals surface area contributed by atoms with E-state index in [0.29, 0.717) is 17.7 Å². The average Bonchev–Trinajstić information content (AvgIpc) is 2.17. The second-order valence-electron chi connectivity index (χ2n) is 4.71. The molecule has 2 heteroatoms. The molecule has 0 amide bonds. The molecule has 1 aliphatic rings. The molecule has 0 saturated carbocycles. The van der Waals surface area contributed by atoms with Gasteiger partial charge < -0.3 is 10.0 Å². The molecular weight excluding hydrogens is 186 g/mol. The lowest BCUT2D eigenvalue weighted by Gasteiger charge is -2.36. The lowest BCUT2D eigenvalue weighted by Crippen LogP contribution is -2.36. The number of aryl methyl sites for hydroxylation is 1. The van der Waals surface area contributed by atoms with Crippen LogP contribution in [0, 0.1) is 0 Å². The standard InChI is InChI=1S/C13H19NO/c1-9-11(14(2)3)8-7-10-5-4-6-12(15)13(9)10/h4-6,9,11,15H,7-8H2,1-3H3/t9-,11-/m1/s1. The largest absolute Gasteiger partial charge is 0.508 e. The van der Waals surface area contributed by atoms with Crippen LogP contribution in [0.4, 0.5) is 0 Å². The van der Waals surface area contributed by atoms with Gasteiger partial charge in [0, 0.05) is 17.5 Å². The molecule has 0 aliphatic heterocycles. The van der Waals surface area contributed by atoms with Gasteiger partial charge in [0.25, 0.3) is 0 Å². The first kappa shape index (κ1) is 10.5. The Balaban J connectivity index is 2.40. The first-order chi connectivity index (χ1) is 7.11. The Hall–Kier alpha value is -1.02. The minimum atomic E-state index is 0.421. The van der Waals surface area contributed by atoms with Gasteiger partial charge in [-0.3, -0.25) is 0 Å². The predicted octanol–water partition coefficient (Wildman–Crippen LogP) is 2.37. The monoisotopic (exact) mass is 205 g/mol. The highest BCUT2D eigenvalue weighted by atomic mass is 16.3. The zero-order chi connectivity index (χ0) is 11.0. The van der Waals surface area contributed by atoms with E-state index in [-0.39, 0.29) is 0 Å². The minimum Gasteiger partial charge on any atom is -0.508 e. The van der Waals surface area contributed by atoms with Gasteiger partial charge in [0.05, 0.1) is 0 Å². The van der Waals surface area contributed by atoms with Crippen molar-refractivity contribution in [2.24, 2.45) is 0 Å². The van der Waals surface area contributed by atoms with Crippen LogP contribution >= 0.6 is 0 Å². The number of fused-ring (bicyclic) bond motifs is 1. The van der Waals surface area contributed by atoms with Crippen molar-refractivity contribution in [1.82, 2.24) is 4.90 Å². The van der Waals surface area contributed by atoms with E-state index in [2.05, 4.69) is 32.0 Å². The molecular formula is C13H19NO. The van der Waals surface area contributed by atoms with Gasteiger partial charge in [-0.1, -0.05) is 19.1 Å². The molecule has 1 aromatic rings. The molecule has 0 heterocycles. The van der Waals surface area contributed by atoms with E-state index in [1.54, 1.807) is 6.07 Å². The smallest absolute Gasteiger partial charge is 0.119 e. The Morgan fingerprint density at radius 3 is 2.73 bits per heavy atom. The molecule has 1 N–H and O–H groups in total. The Labute approximate surface area is 91.5 Å². The number of likely N-dealkylation sites (N-methyl/N-ethyl adjacent to an activating group) is 1. The summed E-state index contributed by atoms with van der Waals surface area (Å²) in [5, 5.41) is 9.91. The minimum absolute atomic E-state index is 0.421. The van der Waals surface area contributed by atoms with E-state index < -0.39 is 0 Å². The molecule has 1 aliphatic carbocycles. The number of rotatable bonds is 1. The second-order valence-corrected chi connectivity index (χ2v) is 4.71. The summed E-state index contributed by atoms with van der Waals surface area (Å²) in [5.74, 6) is 0.886. The second kappa shape index (κ2) is 3.86. The molecule has 2 rings (SSSR count). The first-order valence-corrected chi connectivity index (χ1v) is 5.58. The number of phenolic OH excluding ortho intramolecular Hbond substituents is 1.